The Labute approximate surface area is 133 Å². The van der Waals surface area contributed by atoms with E-state index in [9.17, 15) is 8.42 Å². The average molecular weight is 337 g/mol. The molecule has 0 aliphatic carbocycles. The van der Waals surface area contributed by atoms with Crippen LogP contribution in [0, 0.1) is 0 Å². The van der Waals surface area contributed by atoms with E-state index in [1.165, 1.54) is 22.9 Å². The number of hydrogen-bond acceptors (Lipinski definition) is 4. The highest BCUT2D eigenvalue weighted by Gasteiger charge is 2.16. The Morgan fingerprint density at radius 3 is 2.76 bits per heavy atom. The maximum absolute atomic E-state index is 11.6. The summed E-state index contributed by atoms with van der Waals surface area (Å²) < 4.78 is 24.6. The van der Waals surface area contributed by atoms with E-state index in [4.69, 9.17) is 0 Å². The van der Waals surface area contributed by atoms with Crippen molar-refractivity contribution in [1.82, 2.24) is 14.9 Å². The maximum atomic E-state index is 11.6. The van der Waals surface area contributed by atoms with Crippen LogP contribution in [0.2, 0.25) is 0 Å². The molecule has 1 heterocycles. The monoisotopic (exact) mass is 336 g/mol. The van der Waals surface area contributed by atoms with Gasteiger partial charge in [0.05, 0.1) is 5.75 Å². The van der Waals surface area contributed by atoms with Crippen LogP contribution in [-0.4, -0.2) is 69.2 Å². The highest BCUT2D eigenvalue weighted by molar-refractivity contribution is 8.00. The summed E-state index contributed by atoms with van der Waals surface area (Å²) in [5, 5.41) is 7.24. The normalized spacial score (nSPS) is 20.0. The number of nitrogens with one attached hydrogen (secondary N) is 2. The summed E-state index contributed by atoms with van der Waals surface area (Å²) in [7, 11) is 0.314. The summed E-state index contributed by atoms with van der Waals surface area (Å²) in [5.41, 5.74) is 0. The van der Waals surface area contributed by atoms with Crippen LogP contribution >= 0.6 is 11.8 Å². The molecular formula is C13H28N4O2S2. The number of nitrogens with zero attached hydrogens (tertiary/aromatic N) is 2. The van der Waals surface area contributed by atoms with E-state index in [1.54, 1.807) is 21.0 Å². The van der Waals surface area contributed by atoms with Gasteiger partial charge in [0.15, 0.2) is 5.96 Å². The summed E-state index contributed by atoms with van der Waals surface area (Å²) in [5.74, 6) is 2.21. The van der Waals surface area contributed by atoms with Crippen LogP contribution in [-0.2, 0) is 10.0 Å². The van der Waals surface area contributed by atoms with Crippen LogP contribution in [0.25, 0.3) is 0 Å². The fourth-order valence-corrected chi connectivity index (χ4v) is 4.15. The van der Waals surface area contributed by atoms with Gasteiger partial charge >= 0.3 is 0 Å². The number of aliphatic imine (C=N–C) groups is 1. The summed E-state index contributed by atoms with van der Waals surface area (Å²) in [6.07, 6.45) is 3.34. The third kappa shape index (κ3) is 6.88. The van der Waals surface area contributed by atoms with E-state index in [0.717, 1.165) is 18.9 Å². The summed E-state index contributed by atoms with van der Waals surface area (Å²) in [6.45, 7) is 3.84. The van der Waals surface area contributed by atoms with E-state index in [2.05, 4.69) is 15.6 Å². The van der Waals surface area contributed by atoms with Gasteiger partial charge in [-0.15, -0.1) is 0 Å². The first-order valence-electron chi connectivity index (χ1n) is 7.49. The Kier molecular flexibility index (Phi) is 8.43. The smallest absolute Gasteiger partial charge is 0.213 e. The van der Waals surface area contributed by atoms with Crippen LogP contribution < -0.4 is 10.6 Å². The van der Waals surface area contributed by atoms with Gasteiger partial charge in [0.25, 0.3) is 0 Å². The molecule has 0 aromatic rings. The molecule has 2 N–H and O–H groups in total. The Morgan fingerprint density at radius 1 is 1.43 bits per heavy atom. The van der Waals surface area contributed by atoms with Crippen molar-refractivity contribution in [3.63, 3.8) is 0 Å². The molecule has 6 nitrogen and oxygen atoms in total. The van der Waals surface area contributed by atoms with E-state index >= 15 is 0 Å². The van der Waals surface area contributed by atoms with Gasteiger partial charge in [0.1, 0.15) is 0 Å². The predicted octanol–water partition coefficient (Wildman–Crippen LogP) is 0.719. The second-order valence-corrected chi connectivity index (χ2v) is 8.86. The lowest BCUT2D eigenvalue weighted by Crippen LogP contribution is -2.41. The number of rotatable bonds is 8. The highest BCUT2D eigenvalue weighted by Crippen LogP contribution is 2.25. The van der Waals surface area contributed by atoms with Crippen LogP contribution in [0.15, 0.2) is 4.99 Å². The first-order chi connectivity index (χ1) is 9.99. The molecule has 0 spiro atoms. The van der Waals surface area contributed by atoms with Crippen molar-refractivity contribution in [2.75, 3.05) is 45.2 Å². The molecule has 1 saturated heterocycles. The van der Waals surface area contributed by atoms with Crippen molar-refractivity contribution >= 4 is 27.7 Å². The lowest BCUT2D eigenvalue weighted by molar-refractivity contribution is 0.461. The van der Waals surface area contributed by atoms with Gasteiger partial charge < -0.3 is 10.6 Å². The van der Waals surface area contributed by atoms with Crippen LogP contribution in [0.3, 0.4) is 0 Å². The van der Waals surface area contributed by atoms with Gasteiger partial charge in [-0.3, -0.25) is 4.99 Å². The third-order valence-electron chi connectivity index (χ3n) is 3.53. The van der Waals surface area contributed by atoms with Gasteiger partial charge in [0, 0.05) is 39.0 Å². The van der Waals surface area contributed by atoms with E-state index in [1.807, 2.05) is 11.8 Å². The molecule has 1 atom stereocenters. The SMILES string of the molecule is CCS(=O)(=O)N(C)CCCNC(=NC)NCC1CCCS1. The molecule has 0 amide bonds. The number of thioether (sulfide) groups is 1. The fraction of sp³-hybridized carbons (Fsp3) is 0.923. The second-order valence-electron chi connectivity index (χ2n) is 5.09. The van der Waals surface area contributed by atoms with Crippen molar-refractivity contribution < 1.29 is 8.42 Å². The molecule has 1 rings (SSSR count). The molecule has 124 valence electrons. The zero-order chi connectivity index (χ0) is 15.7. The second kappa shape index (κ2) is 9.53. The lowest BCUT2D eigenvalue weighted by atomic mass is 10.2. The fourth-order valence-electron chi connectivity index (χ4n) is 2.10. The average Bonchev–Trinajstić information content (AvgIpc) is 2.99. The van der Waals surface area contributed by atoms with Crippen molar-refractivity contribution in [2.45, 2.75) is 31.4 Å². The summed E-state index contributed by atoms with van der Waals surface area (Å²) in [6, 6.07) is 0. The Balaban J connectivity index is 2.17. The first kappa shape index (κ1) is 18.6. The predicted molar refractivity (Wildman–Crippen MR) is 91.6 cm³/mol. The highest BCUT2D eigenvalue weighted by atomic mass is 32.2. The Morgan fingerprint density at radius 2 is 2.19 bits per heavy atom. The zero-order valence-corrected chi connectivity index (χ0v) is 14.9. The van der Waals surface area contributed by atoms with Crippen LogP contribution in [0.1, 0.15) is 26.2 Å². The molecule has 0 aromatic heterocycles. The molecule has 1 fully saturated rings. The standard InChI is InChI=1S/C13H28N4O2S2/c1-4-21(18,19)17(3)9-6-8-15-13(14-2)16-11-12-7-5-10-20-12/h12H,4-11H2,1-3H3,(H2,14,15,16). The molecule has 0 saturated carbocycles. The molecule has 8 heteroatoms. The van der Waals surface area contributed by atoms with Gasteiger partial charge in [-0.25, -0.2) is 12.7 Å². The van der Waals surface area contributed by atoms with Gasteiger partial charge in [0.2, 0.25) is 10.0 Å². The number of sulfonamides is 1. The molecule has 0 aromatic carbocycles. The van der Waals surface area contributed by atoms with E-state index in [0.29, 0.717) is 18.3 Å². The van der Waals surface area contributed by atoms with E-state index < -0.39 is 10.0 Å². The topological polar surface area (TPSA) is 73.8 Å². The number of guanidine groups is 1. The molecule has 1 aliphatic rings. The summed E-state index contributed by atoms with van der Waals surface area (Å²) in [4.78, 5) is 4.18. The van der Waals surface area contributed by atoms with Crippen molar-refractivity contribution in [3.8, 4) is 0 Å². The van der Waals surface area contributed by atoms with Crippen molar-refractivity contribution in [3.05, 3.63) is 0 Å². The van der Waals surface area contributed by atoms with Gasteiger partial charge in [-0.2, -0.15) is 11.8 Å². The molecule has 21 heavy (non-hydrogen) atoms. The molecule has 0 bridgehead atoms. The molecule has 0 radical (unpaired) electrons. The molecular weight excluding hydrogens is 308 g/mol. The van der Waals surface area contributed by atoms with E-state index in [-0.39, 0.29) is 5.75 Å². The van der Waals surface area contributed by atoms with Gasteiger partial charge in [-0.05, 0) is 31.9 Å². The Bertz CT molecular complexity index is 420. The molecule has 1 aliphatic heterocycles. The van der Waals surface area contributed by atoms with Crippen molar-refractivity contribution in [1.29, 1.82) is 0 Å². The number of hydrogen-bond donors (Lipinski definition) is 2. The molecule has 1 unspecified atom stereocenters. The maximum Gasteiger partial charge on any atom is 0.213 e. The van der Waals surface area contributed by atoms with Crippen LogP contribution in [0.4, 0.5) is 0 Å². The lowest BCUT2D eigenvalue weighted by Gasteiger charge is -2.17. The quantitative estimate of drug-likeness (QED) is 0.388. The van der Waals surface area contributed by atoms with Crippen LogP contribution in [0.5, 0.6) is 0 Å². The minimum absolute atomic E-state index is 0.152. The first-order valence-corrected chi connectivity index (χ1v) is 10.2. The minimum atomic E-state index is -3.07. The minimum Gasteiger partial charge on any atom is -0.356 e. The summed E-state index contributed by atoms with van der Waals surface area (Å²) >= 11 is 2.01. The largest absolute Gasteiger partial charge is 0.356 e. The Hall–Kier alpha value is -0.470. The van der Waals surface area contributed by atoms with Crippen molar-refractivity contribution in [2.24, 2.45) is 4.99 Å². The third-order valence-corrected chi connectivity index (χ3v) is 6.79. The zero-order valence-electron chi connectivity index (χ0n) is 13.3. The van der Waals surface area contributed by atoms with Gasteiger partial charge in [-0.1, -0.05) is 0 Å².